The average molecular weight is 230 g/mol. The topological polar surface area (TPSA) is 39.4 Å². The highest BCUT2D eigenvalue weighted by molar-refractivity contribution is 6.09. The van der Waals surface area contributed by atoms with Crippen LogP contribution in [0.5, 0.6) is 5.75 Å². The minimum atomic E-state index is -0.154. The molecule has 0 bridgehead atoms. The van der Waals surface area contributed by atoms with Crippen LogP contribution in [0.4, 0.5) is 0 Å². The Morgan fingerprint density at radius 1 is 1.18 bits per heavy atom. The van der Waals surface area contributed by atoms with Crippen molar-refractivity contribution in [3.8, 4) is 5.75 Å². The van der Waals surface area contributed by atoms with E-state index in [1.54, 1.807) is 31.4 Å². The van der Waals surface area contributed by atoms with Crippen LogP contribution in [0, 0.1) is 13.8 Å². The van der Waals surface area contributed by atoms with Crippen LogP contribution >= 0.6 is 0 Å². The van der Waals surface area contributed by atoms with Gasteiger partial charge in [0.15, 0.2) is 5.76 Å². The SMILES string of the molecule is COc1ccc(C)cc1C(=O)c1ccc(C)o1. The Morgan fingerprint density at radius 2 is 1.94 bits per heavy atom. The first-order chi connectivity index (χ1) is 8.11. The van der Waals surface area contributed by atoms with Gasteiger partial charge in [0.05, 0.1) is 12.7 Å². The summed E-state index contributed by atoms with van der Waals surface area (Å²) in [5.74, 6) is 1.47. The lowest BCUT2D eigenvalue weighted by molar-refractivity contribution is 0.100. The molecule has 2 aromatic rings. The van der Waals surface area contributed by atoms with E-state index in [2.05, 4.69) is 0 Å². The molecule has 3 heteroatoms. The standard InChI is InChI=1S/C14H14O3/c1-9-4-6-12(16-3)11(8-9)14(15)13-7-5-10(2)17-13/h4-8H,1-3H3. The normalized spacial score (nSPS) is 10.3. The van der Waals surface area contributed by atoms with E-state index in [4.69, 9.17) is 9.15 Å². The van der Waals surface area contributed by atoms with Gasteiger partial charge in [-0.2, -0.15) is 0 Å². The molecule has 17 heavy (non-hydrogen) atoms. The number of aryl methyl sites for hydroxylation is 2. The second kappa shape index (κ2) is 4.45. The van der Waals surface area contributed by atoms with Crippen LogP contribution in [0.1, 0.15) is 27.4 Å². The van der Waals surface area contributed by atoms with Crippen LogP contribution in [-0.4, -0.2) is 12.9 Å². The number of benzene rings is 1. The first-order valence-corrected chi connectivity index (χ1v) is 5.37. The summed E-state index contributed by atoms with van der Waals surface area (Å²) in [6.07, 6.45) is 0. The summed E-state index contributed by atoms with van der Waals surface area (Å²) < 4.78 is 10.5. The lowest BCUT2D eigenvalue weighted by atomic mass is 10.1. The number of methoxy groups -OCH3 is 1. The molecule has 88 valence electrons. The molecule has 0 aliphatic heterocycles. The van der Waals surface area contributed by atoms with Crippen LogP contribution in [0.25, 0.3) is 0 Å². The van der Waals surface area contributed by atoms with E-state index in [9.17, 15) is 4.79 Å². The largest absolute Gasteiger partial charge is 0.496 e. The van der Waals surface area contributed by atoms with Gasteiger partial charge in [0, 0.05) is 0 Å². The van der Waals surface area contributed by atoms with Gasteiger partial charge in [-0.05, 0) is 38.1 Å². The van der Waals surface area contributed by atoms with Crippen molar-refractivity contribution >= 4 is 5.78 Å². The fraction of sp³-hybridized carbons (Fsp3) is 0.214. The van der Waals surface area contributed by atoms with Crippen molar-refractivity contribution in [3.05, 3.63) is 53.0 Å². The van der Waals surface area contributed by atoms with E-state index in [0.29, 0.717) is 17.1 Å². The number of ether oxygens (including phenoxy) is 1. The molecule has 0 unspecified atom stereocenters. The van der Waals surface area contributed by atoms with Gasteiger partial charge in [-0.15, -0.1) is 0 Å². The van der Waals surface area contributed by atoms with Crippen molar-refractivity contribution in [1.29, 1.82) is 0 Å². The van der Waals surface area contributed by atoms with Crippen LogP contribution in [0.2, 0.25) is 0 Å². The highest BCUT2D eigenvalue weighted by Gasteiger charge is 2.17. The summed E-state index contributed by atoms with van der Waals surface area (Å²) in [5.41, 5.74) is 1.54. The highest BCUT2D eigenvalue weighted by atomic mass is 16.5. The maximum atomic E-state index is 12.2. The van der Waals surface area contributed by atoms with E-state index >= 15 is 0 Å². The Hall–Kier alpha value is -2.03. The minimum Gasteiger partial charge on any atom is -0.496 e. The van der Waals surface area contributed by atoms with Gasteiger partial charge in [-0.3, -0.25) is 4.79 Å². The number of hydrogen-bond donors (Lipinski definition) is 0. The van der Waals surface area contributed by atoms with Crippen LogP contribution in [0.15, 0.2) is 34.7 Å². The molecule has 0 saturated heterocycles. The van der Waals surface area contributed by atoms with Crippen molar-refractivity contribution in [2.75, 3.05) is 7.11 Å². The summed E-state index contributed by atoms with van der Waals surface area (Å²) >= 11 is 0. The van der Waals surface area contributed by atoms with E-state index in [0.717, 1.165) is 11.3 Å². The zero-order valence-electron chi connectivity index (χ0n) is 10.1. The number of carbonyl (C=O) groups excluding carboxylic acids is 1. The van der Waals surface area contributed by atoms with Crippen molar-refractivity contribution in [2.45, 2.75) is 13.8 Å². The van der Waals surface area contributed by atoms with Crippen molar-refractivity contribution in [1.82, 2.24) is 0 Å². The summed E-state index contributed by atoms with van der Waals surface area (Å²) in [5, 5.41) is 0. The van der Waals surface area contributed by atoms with Gasteiger partial charge in [-0.25, -0.2) is 0 Å². The van der Waals surface area contributed by atoms with Gasteiger partial charge >= 0.3 is 0 Å². The zero-order valence-corrected chi connectivity index (χ0v) is 10.1. The number of rotatable bonds is 3. The lowest BCUT2D eigenvalue weighted by Crippen LogP contribution is -2.03. The molecule has 3 nitrogen and oxygen atoms in total. The van der Waals surface area contributed by atoms with Crippen molar-refractivity contribution in [3.63, 3.8) is 0 Å². The summed E-state index contributed by atoms with van der Waals surface area (Å²) in [6, 6.07) is 8.95. The van der Waals surface area contributed by atoms with Gasteiger partial charge in [0.1, 0.15) is 11.5 Å². The third-order valence-electron chi connectivity index (χ3n) is 2.56. The molecule has 0 aliphatic carbocycles. The second-order valence-corrected chi connectivity index (χ2v) is 3.94. The molecule has 0 aliphatic rings. The maximum Gasteiger partial charge on any atom is 0.231 e. The average Bonchev–Trinajstić information content (AvgIpc) is 2.75. The zero-order chi connectivity index (χ0) is 12.4. The predicted molar refractivity (Wildman–Crippen MR) is 64.6 cm³/mol. The van der Waals surface area contributed by atoms with Gasteiger partial charge in [0.2, 0.25) is 5.78 Å². The molecular formula is C14H14O3. The molecular weight excluding hydrogens is 216 g/mol. The van der Waals surface area contributed by atoms with Crippen LogP contribution in [-0.2, 0) is 0 Å². The molecule has 0 N–H and O–H groups in total. The molecule has 2 rings (SSSR count). The third-order valence-corrected chi connectivity index (χ3v) is 2.56. The molecule has 0 saturated carbocycles. The fourth-order valence-corrected chi connectivity index (χ4v) is 1.69. The molecule has 0 amide bonds. The van der Waals surface area contributed by atoms with E-state index in [-0.39, 0.29) is 5.78 Å². The molecule has 0 atom stereocenters. The Balaban J connectivity index is 2.46. The van der Waals surface area contributed by atoms with Gasteiger partial charge in [0.25, 0.3) is 0 Å². The molecule has 0 radical (unpaired) electrons. The fourth-order valence-electron chi connectivity index (χ4n) is 1.69. The molecule has 0 spiro atoms. The minimum absolute atomic E-state index is 0.154. The van der Waals surface area contributed by atoms with E-state index in [1.807, 2.05) is 19.9 Å². The third kappa shape index (κ3) is 2.23. The first kappa shape index (κ1) is 11.5. The number of ketones is 1. The number of hydrogen-bond acceptors (Lipinski definition) is 3. The predicted octanol–water partition coefficient (Wildman–Crippen LogP) is 3.14. The first-order valence-electron chi connectivity index (χ1n) is 5.37. The maximum absolute atomic E-state index is 12.2. The Labute approximate surface area is 100 Å². The van der Waals surface area contributed by atoms with Crippen molar-refractivity contribution in [2.24, 2.45) is 0 Å². The van der Waals surface area contributed by atoms with Gasteiger partial charge in [-0.1, -0.05) is 11.6 Å². The molecule has 1 heterocycles. The molecule has 1 aromatic carbocycles. The lowest BCUT2D eigenvalue weighted by Gasteiger charge is -2.07. The van der Waals surface area contributed by atoms with E-state index < -0.39 is 0 Å². The smallest absolute Gasteiger partial charge is 0.231 e. The number of furan rings is 1. The second-order valence-electron chi connectivity index (χ2n) is 3.94. The summed E-state index contributed by atoms with van der Waals surface area (Å²) in [7, 11) is 1.55. The summed E-state index contributed by atoms with van der Waals surface area (Å²) in [4.78, 5) is 12.2. The Morgan fingerprint density at radius 3 is 2.53 bits per heavy atom. The van der Waals surface area contributed by atoms with Crippen LogP contribution in [0.3, 0.4) is 0 Å². The van der Waals surface area contributed by atoms with Gasteiger partial charge < -0.3 is 9.15 Å². The molecule has 1 aromatic heterocycles. The highest BCUT2D eigenvalue weighted by Crippen LogP contribution is 2.23. The quantitative estimate of drug-likeness (QED) is 0.760. The van der Waals surface area contributed by atoms with E-state index in [1.165, 1.54) is 0 Å². The number of carbonyl (C=O) groups is 1. The Kier molecular flexibility index (Phi) is 3.00. The van der Waals surface area contributed by atoms with Crippen LogP contribution < -0.4 is 4.74 Å². The monoisotopic (exact) mass is 230 g/mol. The summed E-state index contributed by atoms with van der Waals surface area (Å²) in [6.45, 7) is 3.74. The molecule has 0 fully saturated rings. The van der Waals surface area contributed by atoms with Crippen molar-refractivity contribution < 1.29 is 13.9 Å². The Bertz CT molecular complexity index is 552.